The third kappa shape index (κ3) is 2.31. The summed E-state index contributed by atoms with van der Waals surface area (Å²) in [5, 5.41) is 0. The third-order valence-corrected chi connectivity index (χ3v) is 10.4. The molecule has 0 aromatic heterocycles. The van der Waals surface area contributed by atoms with Crippen molar-refractivity contribution in [2.75, 3.05) is 21.3 Å². The number of fused-ring (bicyclic) bond motifs is 2. The monoisotopic (exact) mass is 450 g/mol. The molecule has 4 saturated carbocycles. The van der Waals surface area contributed by atoms with Gasteiger partial charge in [0.25, 0.3) is 0 Å². The quantitative estimate of drug-likeness (QED) is 0.610. The summed E-state index contributed by atoms with van der Waals surface area (Å²) >= 11 is 0. The van der Waals surface area contributed by atoms with Gasteiger partial charge in [0.2, 0.25) is 0 Å². The van der Waals surface area contributed by atoms with Crippen LogP contribution in [0.4, 0.5) is 0 Å². The second-order valence-electron chi connectivity index (χ2n) is 11.9. The Labute approximate surface area is 190 Å². The van der Waals surface area contributed by atoms with Crippen molar-refractivity contribution < 1.29 is 33.2 Å². The number of ether oxygens (including phenoxy) is 6. The molecule has 4 aliphatic carbocycles. The summed E-state index contributed by atoms with van der Waals surface area (Å²) in [7, 11) is 5.34. The first-order valence-corrected chi connectivity index (χ1v) is 12.3. The average Bonchev–Trinajstić information content (AvgIpc) is 3.21. The largest absolute Gasteiger partial charge is 0.381 e. The van der Waals surface area contributed by atoms with Gasteiger partial charge in [0, 0.05) is 44.0 Å². The fourth-order valence-corrected chi connectivity index (χ4v) is 9.69. The fourth-order valence-electron chi connectivity index (χ4n) is 9.69. The Balaban J connectivity index is 1.61. The van der Waals surface area contributed by atoms with Gasteiger partial charge >= 0.3 is 0 Å². The zero-order valence-electron chi connectivity index (χ0n) is 20.2. The summed E-state index contributed by atoms with van der Waals surface area (Å²) in [4.78, 5) is 12.5. The molecule has 0 aromatic rings. The van der Waals surface area contributed by atoms with Gasteiger partial charge in [0.1, 0.15) is 18.0 Å². The molecule has 3 aliphatic heterocycles. The van der Waals surface area contributed by atoms with Crippen LogP contribution in [0, 0.1) is 34.5 Å². The number of carbonyl (C=O) groups excluding carboxylic acids is 1. The molecule has 3 heterocycles. The minimum atomic E-state index is -0.750. The number of hydrogen-bond acceptors (Lipinski definition) is 7. The number of aldehydes is 1. The van der Waals surface area contributed by atoms with E-state index in [0.29, 0.717) is 0 Å². The molecule has 32 heavy (non-hydrogen) atoms. The van der Waals surface area contributed by atoms with Crippen LogP contribution in [-0.2, 0) is 33.2 Å². The van der Waals surface area contributed by atoms with Crippen LogP contribution in [0.25, 0.3) is 0 Å². The van der Waals surface area contributed by atoms with Gasteiger partial charge in [-0.3, -0.25) is 0 Å². The Morgan fingerprint density at radius 2 is 1.72 bits per heavy atom. The SMILES string of the molecule is COC1C2CC3[C@@H]1[C@@]1(OC(C)(C)O[C@@H]1[C@@H]2OC)C1C[C@H]2C3(CCC[C@@]2(C)C=O)C(OC)O1. The predicted octanol–water partition coefficient (Wildman–Crippen LogP) is 2.94. The van der Waals surface area contributed by atoms with E-state index in [1.165, 1.54) is 6.29 Å². The minimum absolute atomic E-state index is 0.000412. The standard InChI is InChI=1S/C25H38O7/c1-22(2)31-20-19(28-5)13-10-14-17(18(13)27-4)25(20,32-22)16-11-15-23(3,12-26)8-7-9-24(14,15)21(29-6)30-16/h12-21H,7-11H2,1-6H3/t13?,14?,15-,16?,17+,18?,19-,20-,21?,23+,24?,25+/m1/s1. The maximum absolute atomic E-state index is 12.5. The first-order chi connectivity index (χ1) is 15.2. The number of rotatable bonds is 4. The summed E-state index contributed by atoms with van der Waals surface area (Å²) in [6.45, 7) is 6.13. The Kier molecular flexibility index (Phi) is 4.63. The van der Waals surface area contributed by atoms with E-state index in [1.807, 2.05) is 21.0 Å². The number of methoxy groups -OCH3 is 3. The van der Waals surface area contributed by atoms with Crippen molar-refractivity contribution in [3.8, 4) is 0 Å². The second kappa shape index (κ2) is 6.76. The van der Waals surface area contributed by atoms with Gasteiger partial charge in [-0.05, 0) is 51.4 Å². The predicted molar refractivity (Wildman–Crippen MR) is 114 cm³/mol. The molecule has 12 atom stereocenters. The van der Waals surface area contributed by atoms with E-state index in [2.05, 4.69) is 6.92 Å². The normalized spacial score (nSPS) is 59.4. The lowest BCUT2D eigenvalue weighted by Crippen LogP contribution is -2.68. The molecule has 0 aromatic carbocycles. The van der Waals surface area contributed by atoms with Crippen LogP contribution in [-0.4, -0.2) is 69.7 Å². The Morgan fingerprint density at radius 3 is 2.38 bits per heavy atom. The van der Waals surface area contributed by atoms with Crippen LogP contribution < -0.4 is 0 Å². The van der Waals surface area contributed by atoms with E-state index in [-0.39, 0.29) is 59.8 Å². The summed E-state index contributed by atoms with van der Waals surface area (Å²) in [6, 6.07) is 0. The Bertz CT molecular complexity index is 801. The van der Waals surface area contributed by atoms with Crippen LogP contribution in [0.15, 0.2) is 0 Å². The lowest BCUT2D eigenvalue weighted by Gasteiger charge is -2.59. The average molecular weight is 451 g/mol. The highest BCUT2D eigenvalue weighted by atomic mass is 16.8. The minimum Gasteiger partial charge on any atom is -0.381 e. The Morgan fingerprint density at radius 1 is 0.969 bits per heavy atom. The summed E-state index contributed by atoms with van der Waals surface area (Å²) in [6.07, 6.45) is 4.88. The number of hydrogen-bond donors (Lipinski definition) is 0. The molecule has 7 rings (SSSR count). The highest BCUT2D eigenvalue weighted by Gasteiger charge is 2.82. The van der Waals surface area contributed by atoms with Gasteiger partial charge < -0.3 is 33.2 Å². The highest BCUT2D eigenvalue weighted by Crippen LogP contribution is 2.74. The molecule has 4 bridgehead atoms. The van der Waals surface area contributed by atoms with Gasteiger partial charge in [-0.15, -0.1) is 0 Å². The Hall–Kier alpha value is -0.570. The van der Waals surface area contributed by atoms with Crippen molar-refractivity contribution >= 4 is 6.29 Å². The molecular weight excluding hydrogens is 412 g/mol. The molecule has 7 heteroatoms. The van der Waals surface area contributed by atoms with Gasteiger partial charge in [0.05, 0.1) is 18.3 Å². The summed E-state index contributed by atoms with van der Waals surface area (Å²) < 4.78 is 38.9. The molecule has 7 aliphatic rings. The molecule has 0 radical (unpaired) electrons. The molecule has 3 saturated heterocycles. The van der Waals surface area contributed by atoms with E-state index < -0.39 is 16.8 Å². The van der Waals surface area contributed by atoms with Crippen molar-refractivity contribution in [3.05, 3.63) is 0 Å². The van der Waals surface area contributed by atoms with Crippen LogP contribution in [0.5, 0.6) is 0 Å². The molecular formula is C25H38O7. The van der Waals surface area contributed by atoms with Crippen molar-refractivity contribution in [2.24, 2.45) is 34.5 Å². The molecule has 180 valence electrons. The van der Waals surface area contributed by atoms with E-state index in [0.717, 1.165) is 32.1 Å². The molecule has 7 fully saturated rings. The topological polar surface area (TPSA) is 72.5 Å². The van der Waals surface area contributed by atoms with Crippen molar-refractivity contribution in [2.45, 2.75) is 95.0 Å². The number of carbonyl (C=O) groups is 1. The first-order valence-electron chi connectivity index (χ1n) is 12.3. The van der Waals surface area contributed by atoms with E-state index in [9.17, 15) is 4.79 Å². The molecule has 2 spiro atoms. The summed E-state index contributed by atoms with van der Waals surface area (Å²) in [5.41, 5.74) is -1.33. The zero-order chi connectivity index (χ0) is 22.7. The van der Waals surface area contributed by atoms with E-state index in [4.69, 9.17) is 28.4 Å². The molecule has 7 nitrogen and oxygen atoms in total. The maximum Gasteiger partial charge on any atom is 0.164 e. The fraction of sp³-hybridized carbons (Fsp3) is 0.960. The lowest BCUT2D eigenvalue weighted by molar-refractivity contribution is -0.315. The second-order valence-corrected chi connectivity index (χ2v) is 11.9. The van der Waals surface area contributed by atoms with E-state index in [1.54, 1.807) is 14.2 Å². The van der Waals surface area contributed by atoms with Crippen LogP contribution in [0.3, 0.4) is 0 Å². The van der Waals surface area contributed by atoms with Gasteiger partial charge in [0.15, 0.2) is 12.1 Å². The first kappa shape index (κ1) is 21.9. The molecule has 0 N–H and O–H groups in total. The highest BCUT2D eigenvalue weighted by molar-refractivity contribution is 5.60. The zero-order valence-corrected chi connectivity index (χ0v) is 20.2. The van der Waals surface area contributed by atoms with Crippen molar-refractivity contribution in [3.63, 3.8) is 0 Å². The van der Waals surface area contributed by atoms with Crippen LogP contribution in [0.1, 0.15) is 52.9 Å². The maximum atomic E-state index is 12.5. The van der Waals surface area contributed by atoms with Gasteiger partial charge in [-0.2, -0.15) is 0 Å². The van der Waals surface area contributed by atoms with Gasteiger partial charge in [-0.1, -0.05) is 13.3 Å². The smallest absolute Gasteiger partial charge is 0.164 e. The third-order valence-electron chi connectivity index (χ3n) is 10.4. The van der Waals surface area contributed by atoms with Crippen LogP contribution in [0.2, 0.25) is 0 Å². The van der Waals surface area contributed by atoms with Crippen molar-refractivity contribution in [1.82, 2.24) is 0 Å². The summed E-state index contributed by atoms with van der Waals surface area (Å²) in [5.74, 6) is 0.00595. The van der Waals surface area contributed by atoms with Crippen molar-refractivity contribution in [1.29, 1.82) is 0 Å². The van der Waals surface area contributed by atoms with E-state index >= 15 is 0 Å². The molecule has 6 unspecified atom stereocenters. The van der Waals surface area contributed by atoms with Gasteiger partial charge in [-0.25, -0.2) is 0 Å². The molecule has 0 amide bonds. The van der Waals surface area contributed by atoms with Crippen LogP contribution >= 0.6 is 0 Å². The lowest BCUT2D eigenvalue weighted by atomic mass is 9.49.